The van der Waals surface area contributed by atoms with Gasteiger partial charge in [-0.1, -0.05) is 48.5 Å². The van der Waals surface area contributed by atoms with Crippen LogP contribution in [0, 0.1) is 0 Å². The first-order valence-corrected chi connectivity index (χ1v) is 7.96. The molecule has 0 aliphatic heterocycles. The molecule has 0 bridgehead atoms. The maximum atomic E-state index is 11.7. The summed E-state index contributed by atoms with van der Waals surface area (Å²) in [6.07, 6.45) is 0.852. The largest absolute Gasteiger partial charge is 0.507 e. The van der Waals surface area contributed by atoms with E-state index >= 15 is 0 Å². The minimum atomic E-state index is -0.178. The van der Waals surface area contributed by atoms with Crippen LogP contribution in [0.2, 0.25) is 0 Å². The lowest BCUT2D eigenvalue weighted by Crippen LogP contribution is -2.13. The molecule has 0 heterocycles. The molecule has 0 amide bonds. The van der Waals surface area contributed by atoms with Gasteiger partial charge in [-0.2, -0.15) is 0 Å². The Kier molecular flexibility index (Phi) is 3.44. The Morgan fingerprint density at radius 1 is 0.917 bits per heavy atom. The molecule has 0 radical (unpaired) electrons. The second-order valence-corrected chi connectivity index (χ2v) is 6.02. The van der Waals surface area contributed by atoms with E-state index < -0.39 is 0 Å². The monoisotopic (exact) mass is 315 g/mol. The number of rotatable bonds is 3. The fourth-order valence-corrected chi connectivity index (χ4v) is 3.46. The Morgan fingerprint density at radius 2 is 1.62 bits per heavy atom. The van der Waals surface area contributed by atoms with Crippen molar-refractivity contribution in [3.8, 4) is 28.0 Å². The first kappa shape index (κ1) is 14.7. The van der Waals surface area contributed by atoms with Crippen LogP contribution in [0.1, 0.15) is 21.5 Å². The Labute approximate surface area is 140 Å². The summed E-state index contributed by atoms with van der Waals surface area (Å²) in [5.74, 6) is -0.0683. The van der Waals surface area contributed by atoms with E-state index in [1.54, 1.807) is 12.1 Å². The molecule has 3 nitrogen and oxygen atoms in total. The number of fused-ring (bicyclic) bond motifs is 3. The molecule has 3 N–H and O–H groups in total. The van der Waals surface area contributed by atoms with E-state index in [4.69, 9.17) is 5.73 Å². The maximum Gasteiger partial charge on any atom is 0.176 e. The summed E-state index contributed by atoms with van der Waals surface area (Å²) in [4.78, 5) is 11.7. The smallest absolute Gasteiger partial charge is 0.176 e. The summed E-state index contributed by atoms with van der Waals surface area (Å²) in [6.45, 7) is -0.0607. The zero-order valence-corrected chi connectivity index (χ0v) is 13.1. The number of aromatic hydroxyl groups is 1. The van der Waals surface area contributed by atoms with Gasteiger partial charge in [-0.15, -0.1) is 0 Å². The van der Waals surface area contributed by atoms with Gasteiger partial charge in [0, 0.05) is 11.1 Å². The molecule has 3 aromatic rings. The average Bonchev–Trinajstić information content (AvgIpc) is 3.00. The zero-order valence-electron chi connectivity index (χ0n) is 13.1. The standard InChI is InChI=1S/C21H17NO2/c22-12-21(24)14-8-9-18(20(23)11-14)17-7-3-6-16-15-5-2-1-4-13(15)10-19(16)17/h1-9,11,23H,10,12,22H2. The normalized spacial score (nSPS) is 11.9. The van der Waals surface area contributed by atoms with Crippen molar-refractivity contribution in [2.75, 3.05) is 6.54 Å². The number of phenols is 1. The van der Waals surface area contributed by atoms with E-state index in [0.29, 0.717) is 5.56 Å². The highest BCUT2D eigenvalue weighted by Gasteiger charge is 2.22. The molecule has 24 heavy (non-hydrogen) atoms. The summed E-state index contributed by atoms with van der Waals surface area (Å²) in [5, 5.41) is 10.4. The number of hydrogen-bond acceptors (Lipinski definition) is 3. The molecular formula is C21H17NO2. The van der Waals surface area contributed by atoms with Gasteiger partial charge in [-0.25, -0.2) is 0 Å². The molecule has 0 atom stereocenters. The van der Waals surface area contributed by atoms with Crippen LogP contribution in [0.25, 0.3) is 22.3 Å². The maximum absolute atomic E-state index is 11.7. The fraction of sp³-hybridized carbons (Fsp3) is 0.0952. The fourth-order valence-electron chi connectivity index (χ4n) is 3.46. The summed E-state index contributed by atoms with van der Waals surface area (Å²) in [6, 6.07) is 19.6. The van der Waals surface area contributed by atoms with Gasteiger partial charge in [-0.3, -0.25) is 4.79 Å². The molecule has 1 aliphatic carbocycles. The SMILES string of the molecule is NCC(=O)c1ccc(-c2cccc3c2Cc2ccccc2-3)c(O)c1. The lowest BCUT2D eigenvalue weighted by molar-refractivity contribution is 0.100. The van der Waals surface area contributed by atoms with Gasteiger partial charge in [-0.05, 0) is 46.4 Å². The molecule has 0 aromatic heterocycles. The summed E-state index contributed by atoms with van der Waals surface area (Å²) in [5.41, 5.74) is 12.6. The molecule has 118 valence electrons. The van der Waals surface area contributed by atoms with Crippen molar-refractivity contribution in [1.29, 1.82) is 0 Å². The van der Waals surface area contributed by atoms with Crippen molar-refractivity contribution in [2.24, 2.45) is 5.73 Å². The Morgan fingerprint density at radius 3 is 2.38 bits per heavy atom. The molecule has 1 aliphatic rings. The summed E-state index contributed by atoms with van der Waals surface area (Å²) >= 11 is 0. The van der Waals surface area contributed by atoms with Crippen LogP contribution in [-0.2, 0) is 6.42 Å². The number of carbonyl (C=O) groups excluding carboxylic acids is 1. The van der Waals surface area contributed by atoms with Crippen molar-refractivity contribution >= 4 is 5.78 Å². The number of carbonyl (C=O) groups is 1. The molecule has 0 saturated heterocycles. The van der Waals surface area contributed by atoms with Gasteiger partial charge < -0.3 is 10.8 Å². The third-order valence-corrected chi connectivity index (χ3v) is 4.65. The van der Waals surface area contributed by atoms with Crippen LogP contribution in [0.5, 0.6) is 5.75 Å². The number of phenolic OH excluding ortho intramolecular Hbond substituents is 1. The Bertz CT molecular complexity index is 960. The predicted octanol–water partition coefficient (Wildman–Crippen LogP) is 3.77. The van der Waals surface area contributed by atoms with Crippen molar-refractivity contribution in [3.05, 3.63) is 77.4 Å². The highest BCUT2D eigenvalue weighted by molar-refractivity contribution is 5.99. The molecule has 3 heteroatoms. The Hall–Kier alpha value is -2.91. The van der Waals surface area contributed by atoms with E-state index in [0.717, 1.165) is 17.5 Å². The van der Waals surface area contributed by atoms with Gasteiger partial charge in [0.25, 0.3) is 0 Å². The molecule has 0 spiro atoms. The van der Waals surface area contributed by atoms with Crippen LogP contribution in [-0.4, -0.2) is 17.4 Å². The minimum Gasteiger partial charge on any atom is -0.507 e. The van der Waals surface area contributed by atoms with Crippen LogP contribution in [0.15, 0.2) is 60.7 Å². The lowest BCUT2D eigenvalue weighted by atomic mass is 9.94. The van der Waals surface area contributed by atoms with Crippen LogP contribution < -0.4 is 5.73 Å². The van der Waals surface area contributed by atoms with Gasteiger partial charge in [0.15, 0.2) is 5.78 Å². The third-order valence-electron chi connectivity index (χ3n) is 4.65. The molecule has 0 fully saturated rings. The number of benzene rings is 3. The average molecular weight is 315 g/mol. The van der Waals surface area contributed by atoms with Crippen molar-refractivity contribution in [3.63, 3.8) is 0 Å². The third kappa shape index (κ3) is 2.22. The number of hydrogen-bond donors (Lipinski definition) is 2. The van der Waals surface area contributed by atoms with E-state index in [1.807, 2.05) is 18.2 Å². The number of Topliss-reactive ketones (excluding diaryl/α,β-unsaturated/α-hetero) is 1. The minimum absolute atomic E-state index is 0.0607. The van der Waals surface area contributed by atoms with E-state index in [2.05, 4.69) is 24.3 Å². The second-order valence-electron chi connectivity index (χ2n) is 6.02. The highest BCUT2D eigenvalue weighted by Crippen LogP contribution is 2.43. The highest BCUT2D eigenvalue weighted by atomic mass is 16.3. The topological polar surface area (TPSA) is 63.3 Å². The van der Waals surface area contributed by atoms with E-state index in [-0.39, 0.29) is 18.1 Å². The van der Waals surface area contributed by atoms with Gasteiger partial charge in [0.1, 0.15) is 5.75 Å². The zero-order chi connectivity index (χ0) is 16.7. The van der Waals surface area contributed by atoms with Gasteiger partial charge in [0.2, 0.25) is 0 Å². The van der Waals surface area contributed by atoms with Crippen LogP contribution in [0.3, 0.4) is 0 Å². The Balaban J connectivity index is 1.84. The predicted molar refractivity (Wildman–Crippen MR) is 95.2 cm³/mol. The summed E-state index contributed by atoms with van der Waals surface area (Å²) in [7, 11) is 0. The molecule has 0 saturated carbocycles. The first-order chi connectivity index (χ1) is 11.7. The molecule has 0 unspecified atom stereocenters. The summed E-state index contributed by atoms with van der Waals surface area (Å²) < 4.78 is 0. The van der Waals surface area contributed by atoms with Gasteiger partial charge in [0.05, 0.1) is 6.54 Å². The van der Waals surface area contributed by atoms with E-state index in [1.165, 1.54) is 28.3 Å². The molecular weight excluding hydrogens is 298 g/mol. The van der Waals surface area contributed by atoms with Crippen LogP contribution >= 0.6 is 0 Å². The second kappa shape index (κ2) is 5.62. The van der Waals surface area contributed by atoms with Crippen molar-refractivity contribution in [1.82, 2.24) is 0 Å². The lowest BCUT2D eigenvalue weighted by Gasteiger charge is -2.11. The van der Waals surface area contributed by atoms with Crippen molar-refractivity contribution < 1.29 is 9.90 Å². The van der Waals surface area contributed by atoms with Crippen molar-refractivity contribution in [2.45, 2.75) is 6.42 Å². The number of nitrogens with two attached hydrogens (primary N) is 1. The van der Waals surface area contributed by atoms with E-state index in [9.17, 15) is 9.90 Å². The molecule has 4 rings (SSSR count). The van der Waals surface area contributed by atoms with Crippen LogP contribution in [0.4, 0.5) is 0 Å². The first-order valence-electron chi connectivity index (χ1n) is 7.96. The molecule has 3 aromatic carbocycles. The van der Waals surface area contributed by atoms with Gasteiger partial charge >= 0.3 is 0 Å². The number of ketones is 1. The quantitative estimate of drug-likeness (QED) is 0.566.